The minimum Gasteiger partial charge on any atom is -0.383 e. The lowest BCUT2D eigenvalue weighted by atomic mass is 10.1. The van der Waals surface area contributed by atoms with Crippen LogP contribution < -0.4 is 21.2 Å². The van der Waals surface area contributed by atoms with Crippen LogP contribution in [0.4, 0.5) is 5.82 Å². The maximum absolute atomic E-state index is 13.3. The predicted octanol–water partition coefficient (Wildman–Crippen LogP) is 1.22. The van der Waals surface area contributed by atoms with E-state index in [9.17, 15) is 9.59 Å². The number of nitrogens with zero attached hydrogens (tertiary/aromatic N) is 3. The first-order chi connectivity index (χ1) is 14.8. The SMILES string of the molecule is COCCNC(=O)c1cc2c(=O)n3cccc(C)c3nc2[n+](CCCOC(C)C)c1N. The number of carbonyl (C=O) groups is 1. The molecule has 31 heavy (non-hydrogen) atoms. The molecule has 9 nitrogen and oxygen atoms in total. The van der Waals surface area contributed by atoms with Crippen molar-refractivity contribution >= 4 is 28.4 Å². The quantitative estimate of drug-likeness (QED) is 0.301. The van der Waals surface area contributed by atoms with Gasteiger partial charge in [0.2, 0.25) is 11.5 Å². The highest BCUT2D eigenvalue weighted by Gasteiger charge is 2.24. The Labute approximate surface area is 180 Å². The monoisotopic (exact) mass is 428 g/mol. The summed E-state index contributed by atoms with van der Waals surface area (Å²) < 4.78 is 13.9. The summed E-state index contributed by atoms with van der Waals surface area (Å²) in [5.41, 5.74) is 8.28. The molecule has 0 aromatic carbocycles. The van der Waals surface area contributed by atoms with E-state index in [0.29, 0.717) is 49.4 Å². The van der Waals surface area contributed by atoms with Crippen LogP contribution in [0.25, 0.3) is 16.7 Å². The number of hydrogen-bond acceptors (Lipinski definition) is 6. The maximum Gasteiger partial charge on any atom is 0.278 e. The van der Waals surface area contributed by atoms with Gasteiger partial charge in [0.05, 0.1) is 19.3 Å². The molecule has 0 radical (unpaired) electrons. The van der Waals surface area contributed by atoms with Crippen LogP contribution >= 0.6 is 0 Å². The first kappa shape index (κ1) is 22.6. The standard InChI is InChI=1S/C22H29N5O4/c1-14(2)31-11-6-10-26-18(23)16(21(28)24-8-12-30-4)13-17-20(26)25-19-15(3)7-5-9-27(19)22(17)29/h5,7,9,13-14,23H,6,8,10-12H2,1-4H3,(H,24,28)/p+1. The zero-order valence-corrected chi connectivity index (χ0v) is 18.5. The van der Waals surface area contributed by atoms with E-state index in [-0.39, 0.29) is 29.0 Å². The lowest BCUT2D eigenvalue weighted by Crippen LogP contribution is -2.43. The van der Waals surface area contributed by atoms with Crippen molar-refractivity contribution in [2.24, 2.45) is 0 Å². The Bertz CT molecular complexity index is 1160. The van der Waals surface area contributed by atoms with Gasteiger partial charge in [0.1, 0.15) is 10.9 Å². The number of nitrogen functional groups attached to an aromatic ring is 1. The molecule has 1 amide bonds. The molecule has 3 rings (SSSR count). The molecule has 0 unspecified atom stereocenters. The molecule has 0 fully saturated rings. The minimum atomic E-state index is -0.364. The summed E-state index contributed by atoms with van der Waals surface area (Å²) in [4.78, 5) is 30.8. The third kappa shape index (κ3) is 4.83. The highest BCUT2D eigenvalue weighted by molar-refractivity contribution is 6.00. The number of anilines is 1. The number of amides is 1. The Kier molecular flexibility index (Phi) is 7.19. The fourth-order valence-electron chi connectivity index (χ4n) is 3.42. The van der Waals surface area contributed by atoms with Crippen LogP contribution in [0.3, 0.4) is 0 Å². The molecule has 0 spiro atoms. The van der Waals surface area contributed by atoms with Crippen LogP contribution in [0.2, 0.25) is 0 Å². The Morgan fingerprint density at radius 2 is 2.13 bits per heavy atom. The summed E-state index contributed by atoms with van der Waals surface area (Å²) in [6, 6.07) is 5.22. The van der Waals surface area contributed by atoms with E-state index in [1.165, 1.54) is 10.5 Å². The fraction of sp³-hybridized carbons (Fsp3) is 0.455. The van der Waals surface area contributed by atoms with Crippen LogP contribution in [0.5, 0.6) is 0 Å². The van der Waals surface area contributed by atoms with Crippen LogP contribution in [0.15, 0.2) is 29.2 Å². The molecule has 3 N–H and O–H groups in total. The molecule has 9 heteroatoms. The van der Waals surface area contributed by atoms with Crippen molar-refractivity contribution < 1.29 is 18.8 Å². The van der Waals surface area contributed by atoms with E-state index < -0.39 is 0 Å². The van der Waals surface area contributed by atoms with Crippen LogP contribution in [-0.4, -0.2) is 48.3 Å². The number of pyridine rings is 2. The van der Waals surface area contributed by atoms with Crippen molar-refractivity contribution in [3.63, 3.8) is 0 Å². The van der Waals surface area contributed by atoms with Gasteiger partial charge in [-0.3, -0.25) is 14.0 Å². The van der Waals surface area contributed by atoms with Crippen molar-refractivity contribution in [3.8, 4) is 0 Å². The molecule has 0 saturated carbocycles. The van der Waals surface area contributed by atoms with Crippen molar-refractivity contribution in [1.29, 1.82) is 0 Å². The molecule has 0 aliphatic heterocycles. The number of rotatable bonds is 9. The highest BCUT2D eigenvalue weighted by atomic mass is 16.5. The van der Waals surface area contributed by atoms with E-state index in [2.05, 4.69) is 5.32 Å². The van der Waals surface area contributed by atoms with E-state index in [1.54, 1.807) is 23.9 Å². The number of nitrogens with two attached hydrogens (primary N) is 1. The van der Waals surface area contributed by atoms with E-state index >= 15 is 0 Å². The number of aromatic nitrogens is 3. The molecular formula is C22H30N5O4+. The number of aryl methyl sites for hydroxylation is 2. The second-order valence-corrected chi connectivity index (χ2v) is 7.66. The summed E-state index contributed by atoms with van der Waals surface area (Å²) in [6.45, 7) is 7.54. The van der Waals surface area contributed by atoms with Crippen molar-refractivity contribution in [2.75, 3.05) is 32.6 Å². The number of ether oxygens (including phenoxy) is 2. The summed E-state index contributed by atoms with van der Waals surface area (Å²) in [5, 5.41) is 3.10. The Morgan fingerprint density at radius 1 is 1.35 bits per heavy atom. The maximum atomic E-state index is 13.3. The second kappa shape index (κ2) is 9.84. The molecule has 0 saturated heterocycles. The zero-order valence-electron chi connectivity index (χ0n) is 18.5. The lowest BCUT2D eigenvalue weighted by molar-refractivity contribution is -0.659. The van der Waals surface area contributed by atoms with Gasteiger partial charge in [0.15, 0.2) is 0 Å². The highest BCUT2D eigenvalue weighted by Crippen LogP contribution is 2.16. The third-order valence-corrected chi connectivity index (χ3v) is 4.99. The topological polar surface area (TPSA) is 112 Å². The average molecular weight is 429 g/mol. The van der Waals surface area contributed by atoms with E-state index in [4.69, 9.17) is 20.2 Å². The first-order valence-electron chi connectivity index (χ1n) is 10.4. The van der Waals surface area contributed by atoms with Gasteiger partial charge < -0.3 is 20.5 Å². The molecule has 3 aromatic heterocycles. The Morgan fingerprint density at radius 3 is 2.84 bits per heavy atom. The van der Waals surface area contributed by atoms with Gasteiger partial charge in [-0.25, -0.2) is 4.57 Å². The first-order valence-corrected chi connectivity index (χ1v) is 10.4. The summed E-state index contributed by atoms with van der Waals surface area (Å²) >= 11 is 0. The van der Waals surface area contributed by atoms with Crippen LogP contribution in [0.1, 0.15) is 36.2 Å². The number of fused-ring (bicyclic) bond motifs is 2. The van der Waals surface area contributed by atoms with E-state index in [0.717, 1.165) is 5.56 Å². The van der Waals surface area contributed by atoms with Gasteiger partial charge in [0, 0.05) is 38.4 Å². The smallest absolute Gasteiger partial charge is 0.278 e. The number of hydrogen-bond donors (Lipinski definition) is 2. The van der Waals surface area contributed by atoms with Gasteiger partial charge in [-0.15, -0.1) is 0 Å². The fourth-order valence-corrected chi connectivity index (χ4v) is 3.42. The number of nitrogens with one attached hydrogen (secondary N) is 1. The molecule has 0 aliphatic rings. The normalized spacial score (nSPS) is 11.5. The van der Waals surface area contributed by atoms with Gasteiger partial charge >= 0.3 is 0 Å². The molecule has 166 valence electrons. The molecule has 0 atom stereocenters. The third-order valence-electron chi connectivity index (χ3n) is 4.99. The Hall–Kier alpha value is -3.04. The predicted molar refractivity (Wildman–Crippen MR) is 118 cm³/mol. The summed E-state index contributed by atoms with van der Waals surface area (Å²) in [6.07, 6.45) is 2.45. The summed E-state index contributed by atoms with van der Waals surface area (Å²) in [5.74, 6) is -0.103. The van der Waals surface area contributed by atoms with Gasteiger partial charge in [-0.1, -0.05) is 11.1 Å². The molecule has 3 aromatic rings. The van der Waals surface area contributed by atoms with Crippen LogP contribution in [0, 0.1) is 6.92 Å². The van der Waals surface area contributed by atoms with E-state index in [1.807, 2.05) is 26.8 Å². The molecule has 3 heterocycles. The largest absolute Gasteiger partial charge is 0.383 e. The lowest BCUT2D eigenvalue weighted by Gasteiger charge is -2.13. The van der Waals surface area contributed by atoms with Gasteiger partial charge in [-0.2, -0.15) is 0 Å². The minimum absolute atomic E-state index is 0.117. The Balaban J connectivity index is 2.16. The van der Waals surface area contributed by atoms with Crippen molar-refractivity contribution in [3.05, 3.63) is 45.9 Å². The van der Waals surface area contributed by atoms with Crippen LogP contribution in [-0.2, 0) is 16.0 Å². The summed E-state index contributed by atoms with van der Waals surface area (Å²) in [7, 11) is 1.56. The average Bonchev–Trinajstić information content (AvgIpc) is 2.73. The van der Waals surface area contributed by atoms with Gasteiger partial charge in [-0.05, 0) is 32.9 Å². The number of methoxy groups -OCH3 is 1. The second-order valence-electron chi connectivity index (χ2n) is 7.66. The number of carbonyl (C=O) groups excluding carboxylic acids is 1. The molecule has 0 bridgehead atoms. The molecule has 0 aliphatic carbocycles. The van der Waals surface area contributed by atoms with Crippen molar-refractivity contribution in [2.45, 2.75) is 39.8 Å². The van der Waals surface area contributed by atoms with Gasteiger partial charge in [0.25, 0.3) is 17.1 Å². The van der Waals surface area contributed by atoms with Crippen molar-refractivity contribution in [1.82, 2.24) is 14.7 Å². The molecular weight excluding hydrogens is 398 g/mol. The zero-order chi connectivity index (χ0) is 22.5.